The second kappa shape index (κ2) is 6.69. The molecule has 0 fully saturated rings. The number of aryl methyl sites for hydroxylation is 1. The van der Waals surface area contributed by atoms with Crippen LogP contribution in [-0.2, 0) is 6.54 Å². The lowest BCUT2D eigenvalue weighted by molar-refractivity contribution is 0.574. The van der Waals surface area contributed by atoms with Gasteiger partial charge in [0.25, 0.3) is 0 Å². The fourth-order valence-electron chi connectivity index (χ4n) is 1.89. The zero-order valence-corrected chi connectivity index (χ0v) is 14.3. The van der Waals surface area contributed by atoms with E-state index in [2.05, 4.69) is 93.5 Å². The normalized spacial score (nSPS) is 12.4. The zero-order chi connectivity index (χ0) is 13.8. The van der Waals surface area contributed by atoms with Crippen LogP contribution in [0.3, 0.4) is 0 Å². The van der Waals surface area contributed by atoms with Crippen molar-refractivity contribution in [2.45, 2.75) is 26.4 Å². The Balaban J connectivity index is 1.98. The van der Waals surface area contributed by atoms with E-state index in [1.807, 2.05) is 0 Å². The molecule has 0 aliphatic rings. The van der Waals surface area contributed by atoms with E-state index >= 15 is 0 Å². The van der Waals surface area contributed by atoms with Crippen LogP contribution in [0.25, 0.3) is 0 Å². The minimum Gasteiger partial charge on any atom is -0.306 e. The molecule has 3 heteroatoms. The smallest absolute Gasteiger partial charge is 0.0294 e. The SMILES string of the molecule is Cc1ccc(CN[C@H](C)c2ccc(Br)cc2)cc1Br. The topological polar surface area (TPSA) is 12.0 Å². The zero-order valence-electron chi connectivity index (χ0n) is 11.1. The Morgan fingerprint density at radius 1 is 1.05 bits per heavy atom. The summed E-state index contributed by atoms with van der Waals surface area (Å²) < 4.78 is 2.29. The molecule has 0 aliphatic carbocycles. The second-order valence-corrected chi connectivity index (χ2v) is 6.51. The van der Waals surface area contributed by atoms with E-state index in [9.17, 15) is 0 Å². The second-order valence-electron chi connectivity index (χ2n) is 4.74. The predicted octanol–water partition coefficient (Wildman–Crippen LogP) is 5.37. The van der Waals surface area contributed by atoms with Gasteiger partial charge in [0, 0.05) is 21.5 Å². The first-order valence-corrected chi connectivity index (χ1v) is 7.89. The van der Waals surface area contributed by atoms with E-state index in [-0.39, 0.29) is 0 Å². The van der Waals surface area contributed by atoms with Crippen molar-refractivity contribution in [3.8, 4) is 0 Å². The number of nitrogens with one attached hydrogen (secondary N) is 1. The van der Waals surface area contributed by atoms with Crippen molar-refractivity contribution in [3.05, 3.63) is 68.1 Å². The molecule has 0 aliphatic heterocycles. The summed E-state index contributed by atoms with van der Waals surface area (Å²) in [6.45, 7) is 5.16. The molecule has 0 aromatic heterocycles. The lowest BCUT2D eigenvalue weighted by Crippen LogP contribution is -2.18. The number of hydrogen-bond acceptors (Lipinski definition) is 1. The van der Waals surface area contributed by atoms with Gasteiger partial charge in [-0.2, -0.15) is 0 Å². The first-order valence-electron chi connectivity index (χ1n) is 6.30. The minimum atomic E-state index is 0.341. The van der Waals surface area contributed by atoms with E-state index in [0.717, 1.165) is 11.0 Å². The molecule has 0 saturated heterocycles. The largest absolute Gasteiger partial charge is 0.306 e. The Morgan fingerprint density at radius 2 is 1.74 bits per heavy atom. The lowest BCUT2D eigenvalue weighted by Gasteiger charge is -2.15. The van der Waals surface area contributed by atoms with Crippen LogP contribution in [0.1, 0.15) is 29.7 Å². The van der Waals surface area contributed by atoms with Gasteiger partial charge < -0.3 is 5.32 Å². The molecule has 0 unspecified atom stereocenters. The van der Waals surface area contributed by atoms with Crippen molar-refractivity contribution in [3.63, 3.8) is 0 Å². The van der Waals surface area contributed by atoms with E-state index in [4.69, 9.17) is 0 Å². The minimum absolute atomic E-state index is 0.341. The average molecular weight is 383 g/mol. The molecule has 1 N–H and O–H groups in total. The van der Waals surface area contributed by atoms with Crippen LogP contribution in [0, 0.1) is 6.92 Å². The molecule has 1 nitrogen and oxygen atoms in total. The summed E-state index contributed by atoms with van der Waals surface area (Å²) in [6.07, 6.45) is 0. The first kappa shape index (κ1) is 14.8. The fourth-order valence-corrected chi connectivity index (χ4v) is 2.58. The van der Waals surface area contributed by atoms with Crippen LogP contribution >= 0.6 is 31.9 Å². The van der Waals surface area contributed by atoms with E-state index < -0.39 is 0 Å². The quantitative estimate of drug-likeness (QED) is 0.749. The summed E-state index contributed by atoms with van der Waals surface area (Å²) >= 11 is 7.03. The van der Waals surface area contributed by atoms with Gasteiger partial charge in [-0.25, -0.2) is 0 Å². The van der Waals surface area contributed by atoms with Crippen LogP contribution in [0.5, 0.6) is 0 Å². The van der Waals surface area contributed by atoms with Gasteiger partial charge in [0.05, 0.1) is 0 Å². The van der Waals surface area contributed by atoms with E-state index in [1.165, 1.54) is 21.2 Å². The van der Waals surface area contributed by atoms with Crippen LogP contribution in [0.15, 0.2) is 51.4 Å². The fraction of sp³-hybridized carbons (Fsp3) is 0.250. The predicted molar refractivity (Wildman–Crippen MR) is 88.3 cm³/mol. The monoisotopic (exact) mass is 381 g/mol. The average Bonchev–Trinajstić information content (AvgIpc) is 2.40. The van der Waals surface area contributed by atoms with Gasteiger partial charge in [-0.05, 0) is 48.7 Å². The van der Waals surface area contributed by atoms with Crippen molar-refractivity contribution in [2.75, 3.05) is 0 Å². The molecule has 2 rings (SSSR count). The Morgan fingerprint density at radius 3 is 2.37 bits per heavy atom. The summed E-state index contributed by atoms with van der Waals surface area (Å²) in [5, 5.41) is 3.55. The van der Waals surface area contributed by atoms with Crippen molar-refractivity contribution in [2.24, 2.45) is 0 Å². The molecule has 0 bridgehead atoms. The molecule has 19 heavy (non-hydrogen) atoms. The van der Waals surface area contributed by atoms with Gasteiger partial charge in [0.2, 0.25) is 0 Å². The highest BCUT2D eigenvalue weighted by atomic mass is 79.9. The molecule has 1 atom stereocenters. The number of rotatable bonds is 4. The van der Waals surface area contributed by atoms with Gasteiger partial charge in [0.15, 0.2) is 0 Å². The Hall–Kier alpha value is -0.640. The van der Waals surface area contributed by atoms with Crippen molar-refractivity contribution in [1.82, 2.24) is 5.32 Å². The Labute approximate surface area is 131 Å². The van der Waals surface area contributed by atoms with Crippen molar-refractivity contribution < 1.29 is 0 Å². The van der Waals surface area contributed by atoms with Gasteiger partial charge in [-0.15, -0.1) is 0 Å². The van der Waals surface area contributed by atoms with Gasteiger partial charge >= 0.3 is 0 Å². The van der Waals surface area contributed by atoms with Crippen LogP contribution in [0.2, 0.25) is 0 Å². The van der Waals surface area contributed by atoms with Crippen molar-refractivity contribution >= 4 is 31.9 Å². The third-order valence-corrected chi connectivity index (χ3v) is 4.60. The molecule has 0 saturated carbocycles. The number of halogens is 2. The lowest BCUT2D eigenvalue weighted by atomic mass is 10.1. The maximum absolute atomic E-state index is 3.57. The highest BCUT2D eigenvalue weighted by Crippen LogP contribution is 2.19. The first-order chi connectivity index (χ1) is 9.06. The summed E-state index contributed by atoms with van der Waals surface area (Å²) in [5.41, 5.74) is 3.86. The van der Waals surface area contributed by atoms with Gasteiger partial charge in [0.1, 0.15) is 0 Å². The Bertz CT molecular complexity index is 549. The highest BCUT2D eigenvalue weighted by Gasteiger charge is 2.05. The maximum Gasteiger partial charge on any atom is 0.0294 e. The third kappa shape index (κ3) is 4.16. The van der Waals surface area contributed by atoms with E-state index in [0.29, 0.717) is 6.04 Å². The van der Waals surface area contributed by atoms with Gasteiger partial charge in [-0.3, -0.25) is 0 Å². The molecule has 0 heterocycles. The standard InChI is InChI=1S/C16H17Br2N/c1-11-3-4-13(9-16(11)18)10-19-12(2)14-5-7-15(17)8-6-14/h3-9,12,19H,10H2,1-2H3/t12-/m1/s1. The molecule has 0 radical (unpaired) electrons. The summed E-state index contributed by atoms with van der Waals surface area (Å²) in [6, 6.07) is 15.3. The summed E-state index contributed by atoms with van der Waals surface area (Å²) in [4.78, 5) is 0. The van der Waals surface area contributed by atoms with E-state index in [1.54, 1.807) is 0 Å². The summed E-state index contributed by atoms with van der Waals surface area (Å²) in [5.74, 6) is 0. The molecule has 0 amide bonds. The molecule has 100 valence electrons. The number of benzene rings is 2. The summed E-state index contributed by atoms with van der Waals surface area (Å²) in [7, 11) is 0. The maximum atomic E-state index is 3.57. The molecular weight excluding hydrogens is 366 g/mol. The van der Waals surface area contributed by atoms with Crippen molar-refractivity contribution in [1.29, 1.82) is 0 Å². The molecular formula is C16H17Br2N. The number of hydrogen-bond donors (Lipinski definition) is 1. The molecule has 2 aromatic rings. The molecule has 0 spiro atoms. The Kier molecular flexibility index (Phi) is 5.20. The highest BCUT2D eigenvalue weighted by molar-refractivity contribution is 9.10. The van der Waals surface area contributed by atoms with Crippen LogP contribution < -0.4 is 5.32 Å². The molecule has 2 aromatic carbocycles. The van der Waals surface area contributed by atoms with Crippen LogP contribution in [-0.4, -0.2) is 0 Å². The van der Waals surface area contributed by atoms with Gasteiger partial charge in [-0.1, -0.05) is 56.1 Å². The van der Waals surface area contributed by atoms with Crippen LogP contribution in [0.4, 0.5) is 0 Å². The third-order valence-electron chi connectivity index (χ3n) is 3.22.